The van der Waals surface area contributed by atoms with Crippen LogP contribution in [0, 0.1) is 5.92 Å². The fraction of sp³-hybridized carbons (Fsp3) is 0.273. The minimum absolute atomic E-state index is 0.625. The molecular weight excluding hydrogens is 175 g/mol. The fourth-order valence-corrected chi connectivity index (χ4v) is 1.43. The van der Waals surface area contributed by atoms with Crippen molar-refractivity contribution in [3.63, 3.8) is 0 Å². The van der Waals surface area contributed by atoms with Crippen LogP contribution in [-0.4, -0.2) is 7.12 Å². The van der Waals surface area contributed by atoms with E-state index in [1.807, 2.05) is 0 Å². The molecule has 1 aromatic rings. The molecule has 0 spiro atoms. The normalized spacial score (nSPS) is 11.3. The summed E-state index contributed by atoms with van der Waals surface area (Å²) in [5.74, 6) is 0.625. The summed E-state index contributed by atoms with van der Waals surface area (Å²) in [5.41, 5.74) is 1.28. The van der Waals surface area contributed by atoms with Gasteiger partial charge in [-0.15, -0.1) is 0 Å². The molecule has 0 aliphatic rings. The van der Waals surface area contributed by atoms with Crippen LogP contribution in [0.4, 0.5) is 0 Å². The summed E-state index contributed by atoms with van der Waals surface area (Å²) in [7, 11) is 2.10. The molecule has 0 bridgehead atoms. The second kappa shape index (κ2) is 5.18. The number of rotatable bonds is 3. The largest absolute Gasteiger partial charge is 0.186 e. The highest BCUT2D eigenvalue weighted by atomic mass is 32.2. The Labute approximate surface area is 85.7 Å². The highest BCUT2D eigenvalue weighted by molar-refractivity contribution is 8.19. The number of hydrogen-bond acceptors (Lipinski definition) is 1. The van der Waals surface area contributed by atoms with Gasteiger partial charge < -0.3 is 0 Å². The maximum atomic E-state index is 2.22. The maximum Gasteiger partial charge on any atom is 0.180 e. The smallest absolute Gasteiger partial charge is 0.180 e. The van der Waals surface area contributed by atoms with Gasteiger partial charge in [0.25, 0.3) is 0 Å². The Kier molecular flexibility index (Phi) is 4.17. The van der Waals surface area contributed by atoms with E-state index in [4.69, 9.17) is 0 Å². The molecule has 0 atom stereocenters. The molecule has 0 fully saturated rings. The highest BCUT2D eigenvalue weighted by Crippen LogP contribution is 2.15. The lowest BCUT2D eigenvalue weighted by atomic mass is 10.1. The standard InChI is InChI=1S/C11H15BS/c1-9(2)3-4-10-5-7-11(13-12)8-6-10/h3-9H,12H2,1-2H3/b4-3+. The summed E-state index contributed by atoms with van der Waals surface area (Å²) in [6, 6.07) is 8.63. The third-order valence-electron chi connectivity index (χ3n) is 1.79. The third-order valence-corrected chi connectivity index (χ3v) is 2.53. The number of benzene rings is 1. The molecule has 2 heteroatoms. The van der Waals surface area contributed by atoms with Crippen molar-refractivity contribution in [1.82, 2.24) is 0 Å². The van der Waals surface area contributed by atoms with E-state index in [1.165, 1.54) is 10.5 Å². The van der Waals surface area contributed by atoms with Gasteiger partial charge in [0.1, 0.15) is 0 Å². The predicted molar refractivity (Wildman–Crippen MR) is 64.7 cm³/mol. The molecule has 0 aliphatic carbocycles. The molecule has 0 saturated carbocycles. The minimum atomic E-state index is 0.625. The molecule has 0 amide bonds. The number of allylic oxidation sites excluding steroid dienone is 1. The van der Waals surface area contributed by atoms with Crippen LogP contribution in [0.25, 0.3) is 6.08 Å². The molecule has 0 aliphatic heterocycles. The Morgan fingerprint density at radius 3 is 2.31 bits per heavy atom. The summed E-state index contributed by atoms with van der Waals surface area (Å²) < 4.78 is 0. The van der Waals surface area contributed by atoms with Crippen molar-refractivity contribution in [3.8, 4) is 0 Å². The Hall–Kier alpha value is -0.625. The van der Waals surface area contributed by atoms with E-state index in [2.05, 4.69) is 57.4 Å². The topological polar surface area (TPSA) is 0 Å². The van der Waals surface area contributed by atoms with Crippen LogP contribution in [0.1, 0.15) is 19.4 Å². The van der Waals surface area contributed by atoms with Crippen molar-refractivity contribution >= 4 is 24.8 Å². The van der Waals surface area contributed by atoms with E-state index in [0.29, 0.717) is 5.92 Å². The molecule has 0 heterocycles. The Morgan fingerprint density at radius 1 is 1.23 bits per heavy atom. The summed E-state index contributed by atoms with van der Waals surface area (Å²) in [6.07, 6.45) is 4.39. The van der Waals surface area contributed by atoms with Crippen molar-refractivity contribution in [1.29, 1.82) is 0 Å². The molecule has 0 saturated heterocycles. The monoisotopic (exact) mass is 190 g/mol. The zero-order valence-electron chi connectivity index (χ0n) is 8.45. The van der Waals surface area contributed by atoms with Gasteiger partial charge in [-0.1, -0.05) is 38.1 Å². The van der Waals surface area contributed by atoms with E-state index in [0.717, 1.165) is 0 Å². The lowest BCUT2D eigenvalue weighted by Crippen LogP contribution is -1.78. The minimum Gasteiger partial charge on any atom is -0.186 e. The average molecular weight is 190 g/mol. The number of hydrogen-bond donors (Lipinski definition) is 0. The first-order chi connectivity index (χ1) is 6.22. The van der Waals surface area contributed by atoms with Crippen LogP contribution < -0.4 is 0 Å². The van der Waals surface area contributed by atoms with E-state index in [-0.39, 0.29) is 0 Å². The van der Waals surface area contributed by atoms with Gasteiger partial charge in [0, 0.05) is 0 Å². The van der Waals surface area contributed by atoms with Gasteiger partial charge in [-0.3, -0.25) is 0 Å². The van der Waals surface area contributed by atoms with Crippen LogP contribution in [0.3, 0.4) is 0 Å². The van der Waals surface area contributed by atoms with Gasteiger partial charge in [0.15, 0.2) is 7.12 Å². The van der Waals surface area contributed by atoms with Crippen molar-refractivity contribution in [2.24, 2.45) is 5.92 Å². The molecule has 0 N–H and O–H groups in total. The molecule has 68 valence electrons. The fourth-order valence-electron chi connectivity index (χ4n) is 1.02. The molecule has 13 heavy (non-hydrogen) atoms. The maximum absolute atomic E-state index is 2.22. The first kappa shape index (κ1) is 10.5. The van der Waals surface area contributed by atoms with Crippen molar-refractivity contribution in [2.45, 2.75) is 18.7 Å². The van der Waals surface area contributed by atoms with Gasteiger partial charge in [0.05, 0.1) is 0 Å². The van der Waals surface area contributed by atoms with Crippen LogP contribution in [0.2, 0.25) is 0 Å². The van der Waals surface area contributed by atoms with Crippen molar-refractivity contribution < 1.29 is 0 Å². The van der Waals surface area contributed by atoms with Gasteiger partial charge in [-0.25, -0.2) is 0 Å². The second-order valence-electron chi connectivity index (χ2n) is 3.38. The summed E-state index contributed by atoms with van der Waals surface area (Å²) in [6.45, 7) is 4.37. The highest BCUT2D eigenvalue weighted by Gasteiger charge is 1.89. The van der Waals surface area contributed by atoms with Gasteiger partial charge >= 0.3 is 0 Å². The molecular formula is C11H15BS. The average Bonchev–Trinajstić information content (AvgIpc) is 2.15. The summed E-state index contributed by atoms with van der Waals surface area (Å²) >= 11 is 1.78. The van der Waals surface area contributed by atoms with Crippen LogP contribution in [-0.2, 0) is 0 Å². The molecule has 1 rings (SSSR count). The van der Waals surface area contributed by atoms with Crippen LogP contribution >= 0.6 is 11.6 Å². The molecule has 0 radical (unpaired) electrons. The van der Waals surface area contributed by atoms with E-state index < -0.39 is 0 Å². The Balaban J connectivity index is 2.69. The van der Waals surface area contributed by atoms with Crippen LogP contribution in [0.15, 0.2) is 35.2 Å². The first-order valence-electron chi connectivity index (χ1n) is 4.54. The second-order valence-corrected chi connectivity index (χ2v) is 4.26. The Morgan fingerprint density at radius 2 is 1.85 bits per heavy atom. The van der Waals surface area contributed by atoms with E-state index >= 15 is 0 Å². The lowest BCUT2D eigenvalue weighted by Gasteiger charge is -1.98. The van der Waals surface area contributed by atoms with E-state index in [1.54, 1.807) is 11.6 Å². The zero-order valence-corrected chi connectivity index (χ0v) is 9.27. The summed E-state index contributed by atoms with van der Waals surface area (Å²) in [5, 5.41) is 0. The predicted octanol–water partition coefficient (Wildman–Crippen LogP) is 3.00. The quantitative estimate of drug-likeness (QED) is 0.660. The first-order valence-corrected chi connectivity index (χ1v) is 5.77. The van der Waals surface area contributed by atoms with Crippen molar-refractivity contribution in [3.05, 3.63) is 35.9 Å². The molecule has 1 aromatic carbocycles. The van der Waals surface area contributed by atoms with Crippen LogP contribution in [0.5, 0.6) is 0 Å². The third kappa shape index (κ3) is 3.73. The molecule has 0 unspecified atom stereocenters. The van der Waals surface area contributed by atoms with Gasteiger partial charge in [-0.2, -0.15) is 11.6 Å². The molecule has 0 nitrogen and oxygen atoms in total. The van der Waals surface area contributed by atoms with Gasteiger partial charge in [0.2, 0.25) is 0 Å². The molecule has 0 aromatic heterocycles. The van der Waals surface area contributed by atoms with E-state index in [9.17, 15) is 0 Å². The SMILES string of the molecule is BSc1ccc(/C=C/C(C)C)cc1. The Bertz CT molecular complexity index is 275. The van der Waals surface area contributed by atoms with Gasteiger partial charge in [-0.05, 0) is 28.5 Å². The zero-order chi connectivity index (χ0) is 9.68. The summed E-state index contributed by atoms with van der Waals surface area (Å²) in [4.78, 5) is 1.32. The van der Waals surface area contributed by atoms with Crippen molar-refractivity contribution in [2.75, 3.05) is 0 Å². The lowest BCUT2D eigenvalue weighted by molar-refractivity contribution is 0.836.